The lowest BCUT2D eigenvalue weighted by Crippen LogP contribution is -2.29. The molecule has 94 valence electrons. The molecule has 0 radical (unpaired) electrons. The van der Waals surface area contributed by atoms with Crippen molar-refractivity contribution in [3.05, 3.63) is 33.6 Å². The van der Waals surface area contributed by atoms with E-state index in [9.17, 15) is 10.1 Å². The summed E-state index contributed by atoms with van der Waals surface area (Å²) in [6, 6.07) is 3.40. The summed E-state index contributed by atoms with van der Waals surface area (Å²) < 4.78 is 0. The van der Waals surface area contributed by atoms with Crippen LogP contribution >= 0.6 is 0 Å². The lowest BCUT2D eigenvalue weighted by Gasteiger charge is -2.12. The molecule has 1 aromatic heterocycles. The Labute approximate surface area is 101 Å². The third-order valence-corrected chi connectivity index (χ3v) is 2.53. The number of pyridine rings is 1. The molecule has 1 unspecified atom stereocenters. The Morgan fingerprint density at radius 1 is 1.53 bits per heavy atom. The van der Waals surface area contributed by atoms with E-state index >= 15 is 0 Å². The van der Waals surface area contributed by atoms with Gasteiger partial charge in [-0.1, -0.05) is 6.92 Å². The van der Waals surface area contributed by atoms with E-state index in [1.807, 2.05) is 13.8 Å². The van der Waals surface area contributed by atoms with E-state index in [2.05, 4.69) is 17.2 Å². The third-order valence-electron chi connectivity index (χ3n) is 2.53. The van der Waals surface area contributed by atoms with Crippen LogP contribution in [-0.4, -0.2) is 22.5 Å². The Bertz CT molecular complexity index is 393. The molecule has 5 nitrogen and oxygen atoms in total. The first kappa shape index (κ1) is 13.6. The maximum Gasteiger partial charge on any atom is 0.290 e. The minimum atomic E-state index is -0.367. The number of rotatable bonds is 6. The Morgan fingerprint density at radius 3 is 2.82 bits per heavy atom. The van der Waals surface area contributed by atoms with E-state index in [4.69, 9.17) is 0 Å². The molecular formula is C12H19N3O2. The number of nitrogens with one attached hydrogen (secondary N) is 1. The van der Waals surface area contributed by atoms with Gasteiger partial charge < -0.3 is 5.32 Å². The molecule has 0 spiro atoms. The summed E-state index contributed by atoms with van der Waals surface area (Å²) in [6.45, 7) is 6.87. The highest BCUT2D eigenvalue weighted by Crippen LogP contribution is 2.18. The van der Waals surface area contributed by atoms with Crippen molar-refractivity contribution in [2.24, 2.45) is 0 Å². The minimum absolute atomic E-state index is 0.112. The molecule has 1 N–H and O–H groups in total. The largest absolute Gasteiger partial charge is 0.314 e. The monoisotopic (exact) mass is 237 g/mol. The molecule has 0 aliphatic carbocycles. The summed E-state index contributed by atoms with van der Waals surface area (Å²) in [5, 5.41) is 14.2. The Balaban J connectivity index is 2.81. The zero-order valence-electron chi connectivity index (χ0n) is 10.6. The van der Waals surface area contributed by atoms with Crippen LogP contribution in [0.5, 0.6) is 0 Å². The molecule has 1 atom stereocenters. The summed E-state index contributed by atoms with van der Waals surface area (Å²) >= 11 is 0. The van der Waals surface area contributed by atoms with Crippen LogP contribution in [0.4, 0.5) is 5.69 Å². The predicted molar refractivity (Wildman–Crippen MR) is 67.1 cm³/mol. The molecule has 17 heavy (non-hydrogen) atoms. The molecule has 0 aliphatic heterocycles. The fourth-order valence-corrected chi connectivity index (χ4v) is 1.67. The molecule has 1 heterocycles. The van der Waals surface area contributed by atoms with Crippen molar-refractivity contribution in [2.75, 3.05) is 6.54 Å². The Kier molecular flexibility index (Phi) is 5.03. The van der Waals surface area contributed by atoms with E-state index in [1.165, 1.54) is 6.07 Å². The van der Waals surface area contributed by atoms with Gasteiger partial charge in [0.15, 0.2) is 0 Å². The van der Waals surface area contributed by atoms with Crippen molar-refractivity contribution < 1.29 is 4.92 Å². The lowest BCUT2D eigenvalue weighted by molar-refractivity contribution is -0.386. The van der Waals surface area contributed by atoms with Crippen molar-refractivity contribution in [3.8, 4) is 0 Å². The van der Waals surface area contributed by atoms with Gasteiger partial charge in [0.25, 0.3) is 5.69 Å². The van der Waals surface area contributed by atoms with E-state index < -0.39 is 0 Å². The van der Waals surface area contributed by atoms with E-state index in [1.54, 1.807) is 6.07 Å². The number of nitro groups is 1. The van der Waals surface area contributed by atoms with Crippen molar-refractivity contribution in [2.45, 2.75) is 39.7 Å². The van der Waals surface area contributed by atoms with Crippen LogP contribution in [0.25, 0.3) is 0 Å². The average Bonchev–Trinajstić information content (AvgIpc) is 2.26. The summed E-state index contributed by atoms with van der Waals surface area (Å²) in [7, 11) is 0. The van der Waals surface area contributed by atoms with Gasteiger partial charge in [0.2, 0.25) is 0 Å². The summed E-state index contributed by atoms with van der Waals surface area (Å²) in [4.78, 5) is 14.8. The van der Waals surface area contributed by atoms with Gasteiger partial charge in [-0.2, -0.15) is 0 Å². The second kappa shape index (κ2) is 6.30. The molecule has 0 saturated carbocycles. The first-order valence-corrected chi connectivity index (χ1v) is 5.89. The zero-order chi connectivity index (χ0) is 12.8. The van der Waals surface area contributed by atoms with Crippen molar-refractivity contribution in [1.29, 1.82) is 0 Å². The molecule has 0 saturated heterocycles. The summed E-state index contributed by atoms with van der Waals surface area (Å²) in [5.41, 5.74) is 1.49. The predicted octanol–water partition coefficient (Wildman–Crippen LogP) is 2.23. The standard InChI is InChI=1S/C12H19N3O2/c1-4-7-13-10(3)8-11-12(15(16)17)6-5-9(2)14-11/h5-6,10,13H,4,7-8H2,1-3H3. The number of hydrogen-bond acceptors (Lipinski definition) is 4. The topological polar surface area (TPSA) is 68.1 Å². The quantitative estimate of drug-likeness (QED) is 0.608. The van der Waals surface area contributed by atoms with Crippen LogP contribution in [-0.2, 0) is 6.42 Å². The van der Waals surface area contributed by atoms with Gasteiger partial charge in [0, 0.05) is 24.2 Å². The first-order valence-electron chi connectivity index (χ1n) is 5.89. The van der Waals surface area contributed by atoms with Crippen LogP contribution in [0, 0.1) is 17.0 Å². The van der Waals surface area contributed by atoms with Crippen LogP contribution < -0.4 is 5.32 Å². The smallest absolute Gasteiger partial charge is 0.290 e. The molecule has 0 aliphatic rings. The molecular weight excluding hydrogens is 218 g/mol. The highest BCUT2D eigenvalue weighted by atomic mass is 16.6. The molecule has 0 fully saturated rings. The van der Waals surface area contributed by atoms with E-state index in [-0.39, 0.29) is 16.7 Å². The van der Waals surface area contributed by atoms with Gasteiger partial charge in [-0.05, 0) is 32.9 Å². The van der Waals surface area contributed by atoms with E-state index in [0.29, 0.717) is 12.1 Å². The highest BCUT2D eigenvalue weighted by molar-refractivity contribution is 5.36. The molecule has 1 aromatic rings. The Hall–Kier alpha value is -1.49. The average molecular weight is 237 g/mol. The Morgan fingerprint density at radius 2 is 2.24 bits per heavy atom. The maximum absolute atomic E-state index is 10.9. The molecule has 0 bridgehead atoms. The SMILES string of the molecule is CCCNC(C)Cc1nc(C)ccc1[N+](=O)[O-]. The van der Waals surface area contributed by atoms with Crippen LogP contribution in [0.15, 0.2) is 12.1 Å². The first-order chi connectivity index (χ1) is 8.04. The second-order valence-corrected chi connectivity index (χ2v) is 4.23. The third kappa shape index (κ3) is 4.11. The number of aromatic nitrogens is 1. The van der Waals surface area contributed by atoms with Crippen LogP contribution in [0.2, 0.25) is 0 Å². The molecule has 5 heteroatoms. The van der Waals surface area contributed by atoms with Gasteiger partial charge in [0.1, 0.15) is 5.69 Å². The van der Waals surface area contributed by atoms with Gasteiger partial charge in [-0.15, -0.1) is 0 Å². The minimum Gasteiger partial charge on any atom is -0.314 e. The number of aryl methyl sites for hydroxylation is 1. The van der Waals surface area contributed by atoms with Gasteiger partial charge in [-0.3, -0.25) is 15.1 Å². The van der Waals surface area contributed by atoms with Gasteiger partial charge in [-0.25, -0.2) is 0 Å². The molecule has 0 aromatic carbocycles. The second-order valence-electron chi connectivity index (χ2n) is 4.23. The lowest BCUT2D eigenvalue weighted by atomic mass is 10.1. The van der Waals surface area contributed by atoms with Crippen molar-refractivity contribution >= 4 is 5.69 Å². The van der Waals surface area contributed by atoms with Crippen LogP contribution in [0.3, 0.4) is 0 Å². The summed E-state index contributed by atoms with van der Waals surface area (Å²) in [5.74, 6) is 0. The highest BCUT2D eigenvalue weighted by Gasteiger charge is 2.17. The van der Waals surface area contributed by atoms with Gasteiger partial charge in [0.05, 0.1) is 4.92 Å². The van der Waals surface area contributed by atoms with Crippen molar-refractivity contribution in [3.63, 3.8) is 0 Å². The molecule has 0 amide bonds. The van der Waals surface area contributed by atoms with Gasteiger partial charge >= 0.3 is 0 Å². The summed E-state index contributed by atoms with van der Waals surface area (Å²) in [6.07, 6.45) is 1.63. The van der Waals surface area contributed by atoms with Crippen LogP contribution in [0.1, 0.15) is 31.7 Å². The van der Waals surface area contributed by atoms with Crippen molar-refractivity contribution in [1.82, 2.24) is 10.3 Å². The maximum atomic E-state index is 10.9. The normalized spacial score (nSPS) is 12.4. The van der Waals surface area contributed by atoms with E-state index in [0.717, 1.165) is 18.7 Å². The fourth-order valence-electron chi connectivity index (χ4n) is 1.67. The molecule has 1 rings (SSSR count). The fraction of sp³-hybridized carbons (Fsp3) is 0.583. The number of nitrogens with zero attached hydrogens (tertiary/aromatic N) is 2. The number of hydrogen-bond donors (Lipinski definition) is 1. The zero-order valence-corrected chi connectivity index (χ0v) is 10.6.